The third kappa shape index (κ3) is 3.09. The van der Waals surface area contributed by atoms with Crippen molar-refractivity contribution in [2.24, 2.45) is 5.73 Å². The molecule has 0 aliphatic carbocycles. The van der Waals surface area contributed by atoms with Crippen molar-refractivity contribution in [3.05, 3.63) is 64.9 Å². The number of rotatable bonds is 5. The first-order chi connectivity index (χ1) is 10.3. The highest BCUT2D eigenvalue weighted by Gasteiger charge is 2.21. The molecule has 2 N–H and O–H groups in total. The molecule has 0 fully saturated rings. The Morgan fingerprint density at radius 3 is 2.57 bits per heavy atom. The highest BCUT2D eigenvalue weighted by atomic mass is 32.1. The zero-order valence-electron chi connectivity index (χ0n) is 12.0. The first-order valence-electron chi connectivity index (χ1n) is 7.22. The standard InChI is InChI=1S/C18H19NOS/c1-2-16(19)18(17-8-5-11-21-17)20-15-10-9-13-6-3-4-7-14(13)12-15/h3-12,16,18H,2,19H2,1H3. The molecule has 0 amide bonds. The van der Waals surface area contributed by atoms with Crippen LogP contribution in [-0.4, -0.2) is 6.04 Å². The van der Waals surface area contributed by atoms with Crippen LogP contribution in [-0.2, 0) is 0 Å². The molecule has 2 aromatic carbocycles. The minimum absolute atomic E-state index is 0.00452. The molecule has 2 unspecified atom stereocenters. The average molecular weight is 297 g/mol. The van der Waals surface area contributed by atoms with Gasteiger partial charge in [0.1, 0.15) is 11.9 Å². The van der Waals surface area contributed by atoms with Crippen LogP contribution < -0.4 is 10.5 Å². The summed E-state index contributed by atoms with van der Waals surface area (Å²) >= 11 is 1.69. The third-order valence-corrected chi connectivity index (χ3v) is 4.60. The Balaban J connectivity index is 1.90. The average Bonchev–Trinajstić information content (AvgIpc) is 3.06. The number of thiophene rings is 1. The van der Waals surface area contributed by atoms with Crippen molar-refractivity contribution in [1.82, 2.24) is 0 Å². The fourth-order valence-electron chi connectivity index (χ4n) is 2.41. The van der Waals surface area contributed by atoms with Crippen LogP contribution in [0.4, 0.5) is 0 Å². The summed E-state index contributed by atoms with van der Waals surface area (Å²) in [5, 5.41) is 4.47. The lowest BCUT2D eigenvalue weighted by Gasteiger charge is -2.23. The van der Waals surface area contributed by atoms with E-state index in [2.05, 4.69) is 42.6 Å². The molecule has 3 heteroatoms. The predicted octanol–water partition coefficient (Wildman–Crippen LogP) is 4.76. The van der Waals surface area contributed by atoms with E-state index >= 15 is 0 Å². The van der Waals surface area contributed by atoms with Gasteiger partial charge in [-0.25, -0.2) is 0 Å². The molecule has 0 saturated heterocycles. The fourth-order valence-corrected chi connectivity index (χ4v) is 3.24. The Morgan fingerprint density at radius 2 is 1.86 bits per heavy atom. The van der Waals surface area contributed by atoms with Crippen LogP contribution in [0.3, 0.4) is 0 Å². The van der Waals surface area contributed by atoms with E-state index in [4.69, 9.17) is 10.5 Å². The van der Waals surface area contributed by atoms with Crippen LogP contribution in [0, 0.1) is 0 Å². The van der Waals surface area contributed by atoms with Crippen molar-refractivity contribution in [2.75, 3.05) is 0 Å². The first-order valence-corrected chi connectivity index (χ1v) is 8.10. The van der Waals surface area contributed by atoms with Gasteiger partial charge in [-0.2, -0.15) is 0 Å². The quantitative estimate of drug-likeness (QED) is 0.737. The van der Waals surface area contributed by atoms with Crippen molar-refractivity contribution in [3.63, 3.8) is 0 Å². The lowest BCUT2D eigenvalue weighted by atomic mass is 10.1. The van der Waals surface area contributed by atoms with Crippen LogP contribution in [0.5, 0.6) is 5.75 Å². The largest absolute Gasteiger partial charge is 0.483 e. The van der Waals surface area contributed by atoms with E-state index in [0.29, 0.717) is 0 Å². The second-order valence-corrected chi connectivity index (χ2v) is 6.11. The number of hydrogen-bond donors (Lipinski definition) is 1. The van der Waals surface area contributed by atoms with Crippen molar-refractivity contribution in [2.45, 2.75) is 25.5 Å². The second kappa shape index (κ2) is 6.29. The van der Waals surface area contributed by atoms with Gasteiger partial charge in [-0.05, 0) is 40.8 Å². The van der Waals surface area contributed by atoms with E-state index in [1.807, 2.05) is 24.3 Å². The van der Waals surface area contributed by atoms with Gasteiger partial charge >= 0.3 is 0 Å². The summed E-state index contributed by atoms with van der Waals surface area (Å²) in [7, 11) is 0. The molecule has 0 radical (unpaired) electrons. The maximum atomic E-state index is 6.25. The predicted molar refractivity (Wildman–Crippen MR) is 89.9 cm³/mol. The Kier molecular flexibility index (Phi) is 4.23. The van der Waals surface area contributed by atoms with Crippen molar-refractivity contribution >= 4 is 22.1 Å². The fraction of sp³-hybridized carbons (Fsp3) is 0.222. The molecule has 2 atom stereocenters. The minimum Gasteiger partial charge on any atom is -0.483 e. The van der Waals surface area contributed by atoms with E-state index in [0.717, 1.165) is 12.2 Å². The van der Waals surface area contributed by atoms with Crippen LogP contribution in [0.2, 0.25) is 0 Å². The first kappa shape index (κ1) is 14.1. The van der Waals surface area contributed by atoms with E-state index in [-0.39, 0.29) is 12.1 Å². The van der Waals surface area contributed by atoms with Crippen molar-refractivity contribution in [1.29, 1.82) is 0 Å². The van der Waals surface area contributed by atoms with Crippen LogP contribution in [0.25, 0.3) is 10.8 Å². The number of benzene rings is 2. The van der Waals surface area contributed by atoms with Gasteiger partial charge in [-0.1, -0.05) is 43.3 Å². The molecule has 1 aromatic heterocycles. The Bertz CT molecular complexity index is 708. The highest BCUT2D eigenvalue weighted by Crippen LogP contribution is 2.30. The van der Waals surface area contributed by atoms with Gasteiger partial charge in [0.25, 0.3) is 0 Å². The maximum absolute atomic E-state index is 6.25. The van der Waals surface area contributed by atoms with Crippen LogP contribution >= 0.6 is 11.3 Å². The Morgan fingerprint density at radius 1 is 1.05 bits per heavy atom. The van der Waals surface area contributed by atoms with Crippen molar-refractivity contribution < 1.29 is 4.74 Å². The highest BCUT2D eigenvalue weighted by molar-refractivity contribution is 7.10. The smallest absolute Gasteiger partial charge is 0.148 e. The summed E-state index contributed by atoms with van der Waals surface area (Å²) in [6, 6.07) is 18.6. The lowest BCUT2D eigenvalue weighted by molar-refractivity contribution is 0.175. The van der Waals surface area contributed by atoms with Gasteiger partial charge in [-0.15, -0.1) is 11.3 Å². The molecule has 108 valence electrons. The summed E-state index contributed by atoms with van der Waals surface area (Å²) in [4.78, 5) is 1.18. The molecule has 0 saturated carbocycles. The molecule has 0 bridgehead atoms. The number of fused-ring (bicyclic) bond motifs is 1. The molecule has 1 heterocycles. The normalized spacial score (nSPS) is 14.0. The number of nitrogens with two attached hydrogens (primary N) is 1. The van der Waals surface area contributed by atoms with E-state index in [1.165, 1.54) is 15.6 Å². The molecule has 0 aliphatic heterocycles. The van der Waals surface area contributed by atoms with Gasteiger partial charge in [-0.3, -0.25) is 0 Å². The topological polar surface area (TPSA) is 35.2 Å². The van der Waals surface area contributed by atoms with Crippen LogP contribution in [0.1, 0.15) is 24.3 Å². The second-order valence-electron chi connectivity index (χ2n) is 5.13. The Hall–Kier alpha value is -1.84. The summed E-state index contributed by atoms with van der Waals surface area (Å²) in [5.74, 6) is 0.871. The molecule has 0 aliphatic rings. The molecule has 3 rings (SSSR count). The van der Waals surface area contributed by atoms with E-state index in [9.17, 15) is 0 Å². The molecule has 3 aromatic rings. The van der Waals surface area contributed by atoms with Crippen LogP contribution in [0.15, 0.2) is 60.0 Å². The molecular formula is C18H19NOS. The lowest BCUT2D eigenvalue weighted by Crippen LogP contribution is -2.30. The summed E-state index contributed by atoms with van der Waals surface area (Å²) in [5.41, 5.74) is 6.25. The van der Waals surface area contributed by atoms with Gasteiger partial charge in [0, 0.05) is 10.9 Å². The van der Waals surface area contributed by atoms with Gasteiger partial charge in [0.15, 0.2) is 0 Å². The molecule has 21 heavy (non-hydrogen) atoms. The Labute approximate surface area is 129 Å². The number of ether oxygens (including phenoxy) is 1. The van der Waals surface area contributed by atoms with E-state index < -0.39 is 0 Å². The summed E-state index contributed by atoms with van der Waals surface area (Å²) in [6.45, 7) is 2.09. The van der Waals surface area contributed by atoms with Gasteiger partial charge in [0.2, 0.25) is 0 Å². The summed E-state index contributed by atoms with van der Waals surface area (Å²) < 4.78 is 6.21. The monoisotopic (exact) mass is 297 g/mol. The van der Waals surface area contributed by atoms with Gasteiger partial charge < -0.3 is 10.5 Å². The van der Waals surface area contributed by atoms with Crippen molar-refractivity contribution in [3.8, 4) is 5.75 Å². The molecule has 0 spiro atoms. The third-order valence-electron chi connectivity index (χ3n) is 3.67. The maximum Gasteiger partial charge on any atom is 0.148 e. The molecular weight excluding hydrogens is 278 g/mol. The zero-order valence-corrected chi connectivity index (χ0v) is 12.8. The zero-order chi connectivity index (χ0) is 14.7. The number of hydrogen-bond acceptors (Lipinski definition) is 3. The SMILES string of the molecule is CCC(N)C(Oc1ccc2ccccc2c1)c1cccs1. The minimum atomic E-state index is -0.0869. The van der Waals surface area contributed by atoms with Gasteiger partial charge in [0.05, 0.1) is 0 Å². The summed E-state index contributed by atoms with van der Waals surface area (Å²) in [6.07, 6.45) is 0.798. The van der Waals surface area contributed by atoms with E-state index in [1.54, 1.807) is 11.3 Å². The molecule has 2 nitrogen and oxygen atoms in total.